The van der Waals surface area contributed by atoms with Gasteiger partial charge in [-0.2, -0.15) is 0 Å². The van der Waals surface area contributed by atoms with E-state index in [9.17, 15) is 18.0 Å². The molecule has 1 heterocycles. The monoisotopic (exact) mass is 397 g/mol. The lowest BCUT2D eigenvalue weighted by Crippen LogP contribution is -2.50. The minimum atomic E-state index is -2.83. The predicted octanol–water partition coefficient (Wildman–Crippen LogP) is 3.81. The van der Waals surface area contributed by atoms with Crippen LogP contribution in [0.4, 0.5) is 18.9 Å². The van der Waals surface area contributed by atoms with Crippen LogP contribution in [0.2, 0.25) is 0 Å². The van der Waals surface area contributed by atoms with Crippen LogP contribution in [0.15, 0.2) is 18.2 Å². The Balaban J connectivity index is 1.75. The molecule has 3 rings (SSSR count). The largest absolute Gasteiger partial charge is 0.371 e. The van der Waals surface area contributed by atoms with E-state index >= 15 is 0 Å². The lowest BCUT2D eigenvalue weighted by molar-refractivity contribution is -0.124. The Morgan fingerprint density at radius 2 is 2.00 bits per heavy atom. The van der Waals surface area contributed by atoms with Gasteiger partial charge in [-0.1, -0.05) is 13.8 Å². The summed E-state index contributed by atoms with van der Waals surface area (Å²) in [5, 5.41) is 0. The summed E-state index contributed by atoms with van der Waals surface area (Å²) in [5.41, 5.74) is 5.76. The smallest absolute Gasteiger partial charge is 0.266 e. The second-order valence-corrected chi connectivity index (χ2v) is 8.69. The standard InChI is InChI=1S/C21H30F3N3O/c1-12(2)8-19(21(25)28)26(3)18-7-4-13-10-27(11-16(13)18)14-5-6-17(22)15(9-14)20(23)24/h5-6,9,12-13,16,18-20H,4,7-8,10-11H2,1-3H3,(H2,25,28)/t13-,16+,18+,19+/m1/s1. The number of primary amides is 1. The zero-order valence-electron chi connectivity index (χ0n) is 16.7. The number of rotatable bonds is 7. The molecule has 1 amide bonds. The molecule has 1 aliphatic carbocycles. The van der Waals surface area contributed by atoms with Crippen LogP contribution >= 0.6 is 0 Å². The quantitative estimate of drug-likeness (QED) is 0.761. The van der Waals surface area contributed by atoms with Gasteiger partial charge >= 0.3 is 0 Å². The lowest BCUT2D eigenvalue weighted by atomic mass is 9.94. The van der Waals surface area contributed by atoms with Crippen LogP contribution in [-0.2, 0) is 4.79 Å². The number of halogens is 3. The van der Waals surface area contributed by atoms with Gasteiger partial charge < -0.3 is 10.6 Å². The number of likely N-dealkylation sites (N-methyl/N-ethyl adjacent to an activating group) is 1. The number of alkyl halides is 2. The van der Waals surface area contributed by atoms with Crippen molar-refractivity contribution in [1.29, 1.82) is 0 Å². The lowest BCUT2D eigenvalue weighted by Gasteiger charge is -2.35. The van der Waals surface area contributed by atoms with Crippen molar-refractivity contribution in [3.8, 4) is 0 Å². The van der Waals surface area contributed by atoms with Crippen molar-refractivity contribution >= 4 is 11.6 Å². The second-order valence-electron chi connectivity index (χ2n) is 8.69. The van der Waals surface area contributed by atoms with Gasteiger partial charge in [0.05, 0.1) is 11.6 Å². The SMILES string of the molecule is CC(C)C[C@@H](C(N)=O)N(C)[C@H]1CC[C@@H]2CN(c3ccc(F)c(C(F)F)c3)C[C@@H]21. The molecule has 2 aliphatic rings. The van der Waals surface area contributed by atoms with E-state index < -0.39 is 17.8 Å². The van der Waals surface area contributed by atoms with Crippen molar-refractivity contribution < 1.29 is 18.0 Å². The molecule has 0 aromatic heterocycles. The summed E-state index contributed by atoms with van der Waals surface area (Å²) in [6, 6.07) is 3.91. The maximum atomic E-state index is 13.6. The summed E-state index contributed by atoms with van der Waals surface area (Å²) in [6.07, 6.45) is -0.0631. The summed E-state index contributed by atoms with van der Waals surface area (Å²) in [6.45, 7) is 5.65. The van der Waals surface area contributed by atoms with Gasteiger partial charge in [0, 0.05) is 24.8 Å². The number of fused-ring (bicyclic) bond motifs is 1. The first-order valence-corrected chi connectivity index (χ1v) is 10.0. The third-order valence-corrected chi connectivity index (χ3v) is 6.44. The van der Waals surface area contributed by atoms with Crippen molar-refractivity contribution in [2.24, 2.45) is 23.5 Å². The fourth-order valence-electron chi connectivity index (χ4n) is 5.01. The van der Waals surface area contributed by atoms with E-state index in [0.29, 0.717) is 23.4 Å². The number of carbonyl (C=O) groups is 1. The highest BCUT2D eigenvalue weighted by Gasteiger charge is 2.46. The zero-order valence-corrected chi connectivity index (χ0v) is 16.7. The molecule has 28 heavy (non-hydrogen) atoms. The minimum Gasteiger partial charge on any atom is -0.371 e. The van der Waals surface area contributed by atoms with Crippen LogP contribution in [-0.4, -0.2) is 43.0 Å². The highest BCUT2D eigenvalue weighted by atomic mass is 19.3. The Morgan fingerprint density at radius 1 is 1.29 bits per heavy atom. The number of carbonyl (C=O) groups excluding carboxylic acids is 1. The van der Waals surface area contributed by atoms with Gasteiger partial charge in [0.15, 0.2) is 0 Å². The molecule has 4 nitrogen and oxygen atoms in total. The molecule has 2 N–H and O–H groups in total. The minimum absolute atomic E-state index is 0.237. The summed E-state index contributed by atoms with van der Waals surface area (Å²) in [4.78, 5) is 16.2. The van der Waals surface area contributed by atoms with Gasteiger partial charge in [0.25, 0.3) is 6.43 Å². The number of hydrogen-bond donors (Lipinski definition) is 1. The first-order valence-electron chi connectivity index (χ1n) is 10.0. The van der Waals surface area contributed by atoms with Crippen LogP contribution in [0.25, 0.3) is 0 Å². The third-order valence-electron chi connectivity index (χ3n) is 6.44. The van der Waals surface area contributed by atoms with Gasteiger partial charge in [-0.05, 0) is 62.3 Å². The number of amides is 1. The second kappa shape index (κ2) is 8.31. The van der Waals surface area contributed by atoms with Crippen molar-refractivity contribution in [3.05, 3.63) is 29.6 Å². The molecule has 0 radical (unpaired) electrons. The Labute approximate surface area is 164 Å². The molecule has 1 aromatic rings. The van der Waals surface area contributed by atoms with Crippen molar-refractivity contribution in [3.63, 3.8) is 0 Å². The van der Waals surface area contributed by atoms with E-state index in [1.807, 2.05) is 7.05 Å². The normalized spacial score (nSPS) is 25.8. The molecular formula is C21H30F3N3O. The fourth-order valence-corrected chi connectivity index (χ4v) is 5.01. The average molecular weight is 397 g/mol. The molecule has 1 aromatic carbocycles. The van der Waals surface area contributed by atoms with Crippen LogP contribution in [0, 0.1) is 23.6 Å². The van der Waals surface area contributed by atoms with E-state index in [1.54, 1.807) is 6.07 Å². The van der Waals surface area contributed by atoms with E-state index in [-0.39, 0.29) is 18.0 Å². The molecule has 1 saturated heterocycles. The Morgan fingerprint density at radius 3 is 2.61 bits per heavy atom. The zero-order chi connectivity index (χ0) is 20.6. The third kappa shape index (κ3) is 4.14. The van der Waals surface area contributed by atoms with Gasteiger partial charge in [0.2, 0.25) is 5.91 Å². The van der Waals surface area contributed by atoms with Gasteiger partial charge in [-0.15, -0.1) is 0 Å². The number of nitrogens with zero attached hydrogens (tertiary/aromatic N) is 2. The predicted molar refractivity (Wildman–Crippen MR) is 104 cm³/mol. The molecule has 0 bridgehead atoms. The molecule has 7 heteroatoms. The van der Waals surface area contributed by atoms with Crippen LogP contribution in [0.1, 0.15) is 45.1 Å². The summed E-state index contributed by atoms with van der Waals surface area (Å²) >= 11 is 0. The Bertz CT molecular complexity index is 712. The average Bonchev–Trinajstić information content (AvgIpc) is 3.19. The van der Waals surface area contributed by atoms with E-state index in [4.69, 9.17) is 5.73 Å². The van der Waals surface area contributed by atoms with Gasteiger partial charge in [-0.3, -0.25) is 9.69 Å². The molecule has 2 fully saturated rings. The van der Waals surface area contributed by atoms with Gasteiger partial charge in [-0.25, -0.2) is 13.2 Å². The summed E-state index contributed by atoms with van der Waals surface area (Å²) in [7, 11) is 1.97. The molecule has 156 valence electrons. The number of nitrogens with two attached hydrogens (primary N) is 1. The van der Waals surface area contributed by atoms with Crippen molar-refractivity contribution in [2.45, 2.75) is 51.6 Å². The molecule has 0 unspecified atom stereocenters. The van der Waals surface area contributed by atoms with E-state index in [2.05, 4.69) is 23.6 Å². The summed E-state index contributed by atoms with van der Waals surface area (Å²) in [5.74, 6) is -0.00768. The summed E-state index contributed by atoms with van der Waals surface area (Å²) < 4.78 is 39.7. The van der Waals surface area contributed by atoms with E-state index in [0.717, 1.165) is 38.4 Å². The Kier molecular flexibility index (Phi) is 6.22. The Hall–Kier alpha value is -1.76. The number of benzene rings is 1. The fraction of sp³-hybridized carbons (Fsp3) is 0.667. The first kappa shape index (κ1) is 21.0. The van der Waals surface area contributed by atoms with Crippen molar-refractivity contribution in [2.75, 3.05) is 25.0 Å². The molecule has 4 atom stereocenters. The van der Waals surface area contributed by atoms with Crippen LogP contribution in [0.3, 0.4) is 0 Å². The number of hydrogen-bond acceptors (Lipinski definition) is 3. The van der Waals surface area contributed by atoms with Gasteiger partial charge in [0.1, 0.15) is 5.82 Å². The molecule has 0 spiro atoms. The number of anilines is 1. The van der Waals surface area contributed by atoms with Crippen LogP contribution < -0.4 is 10.6 Å². The molecule has 1 aliphatic heterocycles. The maximum absolute atomic E-state index is 13.6. The highest BCUT2D eigenvalue weighted by molar-refractivity contribution is 5.79. The van der Waals surface area contributed by atoms with Crippen molar-refractivity contribution in [1.82, 2.24) is 4.90 Å². The first-order chi connectivity index (χ1) is 13.2. The molecular weight excluding hydrogens is 367 g/mol. The maximum Gasteiger partial charge on any atom is 0.266 e. The highest BCUT2D eigenvalue weighted by Crippen LogP contribution is 2.43. The molecule has 1 saturated carbocycles. The van der Waals surface area contributed by atoms with E-state index in [1.165, 1.54) is 6.07 Å². The topological polar surface area (TPSA) is 49.6 Å². The van der Waals surface area contributed by atoms with Crippen LogP contribution in [0.5, 0.6) is 0 Å².